The fraction of sp³-hybridized carbons (Fsp3) is 0.522. The van der Waals surface area contributed by atoms with Crippen molar-refractivity contribution in [2.24, 2.45) is 5.92 Å². The van der Waals surface area contributed by atoms with Crippen LogP contribution in [0.4, 0.5) is 18.9 Å². The van der Waals surface area contributed by atoms with Crippen molar-refractivity contribution < 1.29 is 27.9 Å². The second-order valence-electron chi connectivity index (χ2n) is 9.37. The smallest absolute Gasteiger partial charge is 0.405 e. The van der Waals surface area contributed by atoms with Gasteiger partial charge in [-0.05, 0) is 54.5 Å². The van der Waals surface area contributed by atoms with Crippen molar-refractivity contribution in [1.82, 2.24) is 9.88 Å². The molecule has 6 nitrogen and oxygen atoms in total. The number of carbonyl (C=O) groups excluding carboxylic acids is 1. The molecule has 1 aliphatic rings. The van der Waals surface area contributed by atoms with E-state index in [1.165, 1.54) is 0 Å². The molecule has 2 heterocycles. The lowest BCUT2D eigenvalue weighted by Gasteiger charge is -2.30. The van der Waals surface area contributed by atoms with E-state index in [1.807, 2.05) is 20.8 Å². The van der Waals surface area contributed by atoms with Crippen LogP contribution < -0.4 is 5.32 Å². The molecule has 0 spiro atoms. The van der Waals surface area contributed by atoms with Gasteiger partial charge in [-0.1, -0.05) is 20.8 Å². The number of nitrogens with one attached hydrogen (secondary N) is 1. The first kappa shape index (κ1) is 23.8. The number of carboxylic acid groups (broad SMARTS) is 1. The number of nitrogens with zero attached hydrogens (tertiary/aromatic N) is 2. The molecule has 2 aromatic rings. The van der Waals surface area contributed by atoms with E-state index in [0.29, 0.717) is 42.5 Å². The number of halogens is 3. The Labute approximate surface area is 184 Å². The van der Waals surface area contributed by atoms with E-state index in [4.69, 9.17) is 5.11 Å². The summed E-state index contributed by atoms with van der Waals surface area (Å²) < 4.78 is 38.1. The van der Waals surface area contributed by atoms with Crippen LogP contribution >= 0.6 is 0 Å². The normalized spacial score (nSPS) is 15.8. The summed E-state index contributed by atoms with van der Waals surface area (Å²) in [4.78, 5) is 30.5. The first-order valence-corrected chi connectivity index (χ1v) is 10.5. The molecule has 0 bridgehead atoms. The molecule has 0 aliphatic carbocycles. The van der Waals surface area contributed by atoms with Gasteiger partial charge in [0.25, 0.3) is 5.91 Å². The van der Waals surface area contributed by atoms with Crippen molar-refractivity contribution in [3.8, 4) is 0 Å². The van der Waals surface area contributed by atoms with Gasteiger partial charge in [-0.15, -0.1) is 0 Å². The molecule has 1 aromatic heterocycles. The van der Waals surface area contributed by atoms with E-state index >= 15 is 0 Å². The highest BCUT2D eigenvalue weighted by Gasteiger charge is 2.30. The van der Waals surface area contributed by atoms with Gasteiger partial charge in [0, 0.05) is 24.2 Å². The summed E-state index contributed by atoms with van der Waals surface area (Å²) in [5, 5.41) is 12.3. The average Bonchev–Trinajstić information content (AvgIpc) is 2.70. The third-order valence-electron chi connectivity index (χ3n) is 5.77. The number of likely N-dealkylation sites (tertiary alicyclic amines) is 1. The fourth-order valence-electron chi connectivity index (χ4n) is 3.97. The van der Waals surface area contributed by atoms with E-state index in [2.05, 4.69) is 10.3 Å². The number of rotatable bonds is 4. The van der Waals surface area contributed by atoms with Crippen LogP contribution in [0.5, 0.6) is 0 Å². The molecule has 9 heteroatoms. The third kappa shape index (κ3) is 5.31. The summed E-state index contributed by atoms with van der Waals surface area (Å²) in [5.74, 6) is -1.56. The van der Waals surface area contributed by atoms with Gasteiger partial charge in [-0.25, -0.2) is 4.98 Å². The SMILES string of the molecule is Cc1cc(C(=O)N2CCC(C(=O)O)CC2)nc2c(C(C)(C)C)cc(NCC(F)(F)F)cc12. The van der Waals surface area contributed by atoms with Gasteiger partial charge >= 0.3 is 12.1 Å². The number of benzene rings is 1. The molecule has 0 unspecified atom stereocenters. The van der Waals surface area contributed by atoms with E-state index in [-0.39, 0.29) is 11.6 Å². The van der Waals surface area contributed by atoms with Gasteiger partial charge in [0.1, 0.15) is 12.2 Å². The van der Waals surface area contributed by atoms with Gasteiger partial charge in [-0.2, -0.15) is 13.2 Å². The van der Waals surface area contributed by atoms with Crippen LogP contribution in [0.3, 0.4) is 0 Å². The van der Waals surface area contributed by atoms with Crippen molar-refractivity contribution in [2.75, 3.05) is 25.0 Å². The predicted octanol–water partition coefficient (Wildman–Crippen LogP) is 4.75. The van der Waals surface area contributed by atoms with Crippen molar-refractivity contribution in [3.05, 3.63) is 35.0 Å². The Bertz CT molecular complexity index is 1040. The van der Waals surface area contributed by atoms with Crippen LogP contribution in [-0.4, -0.2) is 52.7 Å². The monoisotopic (exact) mass is 451 g/mol. The maximum atomic E-state index is 13.1. The molecule has 2 N–H and O–H groups in total. The van der Waals surface area contributed by atoms with Crippen LogP contribution in [0.25, 0.3) is 10.9 Å². The molecular weight excluding hydrogens is 423 g/mol. The Morgan fingerprint density at radius 2 is 1.78 bits per heavy atom. The molecule has 3 rings (SSSR count). The number of hydrogen-bond acceptors (Lipinski definition) is 4. The molecule has 0 saturated carbocycles. The van der Waals surface area contributed by atoms with Crippen LogP contribution in [0.2, 0.25) is 0 Å². The minimum absolute atomic E-state index is 0.255. The highest BCUT2D eigenvalue weighted by Crippen LogP contribution is 2.34. The molecule has 174 valence electrons. The Morgan fingerprint density at radius 3 is 2.31 bits per heavy atom. The minimum Gasteiger partial charge on any atom is -0.481 e. The standard InChI is InChI=1S/C23H28F3N3O3/c1-13-9-18(20(30)29-7-5-14(6-8-29)21(31)32)28-19-16(13)10-15(27-12-23(24,25)26)11-17(19)22(2,3)4/h9-11,14,27H,5-8,12H2,1-4H3,(H,31,32). The van der Waals surface area contributed by atoms with Crippen molar-refractivity contribution in [2.45, 2.75) is 52.1 Å². The first-order valence-electron chi connectivity index (χ1n) is 10.5. The second-order valence-corrected chi connectivity index (χ2v) is 9.37. The predicted molar refractivity (Wildman–Crippen MR) is 116 cm³/mol. The zero-order valence-corrected chi connectivity index (χ0v) is 18.6. The fourth-order valence-corrected chi connectivity index (χ4v) is 3.97. The number of alkyl halides is 3. The van der Waals surface area contributed by atoms with Gasteiger partial charge in [-0.3, -0.25) is 9.59 Å². The zero-order valence-electron chi connectivity index (χ0n) is 18.6. The molecule has 32 heavy (non-hydrogen) atoms. The van der Waals surface area contributed by atoms with E-state index in [9.17, 15) is 22.8 Å². The lowest BCUT2D eigenvalue weighted by Crippen LogP contribution is -2.40. The van der Waals surface area contributed by atoms with Crippen LogP contribution in [0.15, 0.2) is 18.2 Å². The maximum absolute atomic E-state index is 13.1. The number of fused-ring (bicyclic) bond motifs is 1. The number of pyridine rings is 1. The molecule has 1 saturated heterocycles. The van der Waals surface area contributed by atoms with E-state index in [0.717, 1.165) is 11.1 Å². The Morgan fingerprint density at radius 1 is 1.16 bits per heavy atom. The highest BCUT2D eigenvalue weighted by atomic mass is 19.4. The van der Waals surface area contributed by atoms with Gasteiger partial charge < -0.3 is 15.3 Å². The number of carbonyl (C=O) groups is 2. The molecule has 0 atom stereocenters. The third-order valence-corrected chi connectivity index (χ3v) is 5.77. The van der Waals surface area contributed by atoms with Gasteiger partial charge in [0.15, 0.2) is 0 Å². The van der Waals surface area contributed by atoms with Crippen molar-refractivity contribution in [3.63, 3.8) is 0 Å². The van der Waals surface area contributed by atoms with Gasteiger partial charge in [0.2, 0.25) is 0 Å². The summed E-state index contributed by atoms with van der Waals surface area (Å²) in [6.45, 7) is 7.18. The summed E-state index contributed by atoms with van der Waals surface area (Å²) >= 11 is 0. The molecule has 1 fully saturated rings. The Balaban J connectivity index is 1.99. The second kappa shape index (κ2) is 8.60. The Kier molecular flexibility index (Phi) is 6.40. The number of amides is 1. The molecule has 1 aromatic carbocycles. The zero-order chi connectivity index (χ0) is 23.8. The maximum Gasteiger partial charge on any atom is 0.405 e. The lowest BCUT2D eigenvalue weighted by molar-refractivity contribution is -0.143. The Hall–Kier alpha value is -2.84. The molecule has 1 amide bonds. The first-order chi connectivity index (χ1) is 14.8. The number of piperidine rings is 1. The number of aliphatic carboxylic acids is 1. The lowest BCUT2D eigenvalue weighted by atomic mass is 9.84. The largest absolute Gasteiger partial charge is 0.481 e. The summed E-state index contributed by atoms with van der Waals surface area (Å²) in [5.41, 5.74) is 2.24. The number of hydrogen-bond donors (Lipinski definition) is 2. The molecular formula is C23H28F3N3O3. The topological polar surface area (TPSA) is 82.5 Å². The van der Waals surface area contributed by atoms with Crippen LogP contribution in [0, 0.1) is 12.8 Å². The van der Waals surface area contributed by atoms with E-state index < -0.39 is 30.0 Å². The number of carboxylic acids is 1. The number of aryl methyl sites for hydroxylation is 1. The number of anilines is 1. The molecule has 1 aliphatic heterocycles. The molecule has 0 radical (unpaired) electrons. The summed E-state index contributed by atoms with van der Waals surface area (Å²) in [6, 6.07) is 4.94. The van der Waals surface area contributed by atoms with Crippen molar-refractivity contribution >= 4 is 28.5 Å². The highest BCUT2D eigenvalue weighted by molar-refractivity contribution is 5.97. The average molecular weight is 451 g/mol. The van der Waals surface area contributed by atoms with Gasteiger partial charge in [0.05, 0.1) is 11.4 Å². The van der Waals surface area contributed by atoms with Crippen molar-refractivity contribution in [1.29, 1.82) is 0 Å². The summed E-state index contributed by atoms with van der Waals surface area (Å²) in [6.07, 6.45) is -3.54. The number of aromatic nitrogens is 1. The van der Waals surface area contributed by atoms with Crippen LogP contribution in [0.1, 0.15) is 55.2 Å². The van der Waals surface area contributed by atoms with Crippen LogP contribution in [-0.2, 0) is 10.2 Å². The van der Waals surface area contributed by atoms with E-state index in [1.54, 1.807) is 30.0 Å². The summed E-state index contributed by atoms with van der Waals surface area (Å²) in [7, 11) is 0. The quantitative estimate of drug-likeness (QED) is 0.701. The minimum atomic E-state index is -4.34.